The molecular weight excluding hydrogens is 1070 g/mol. The lowest BCUT2D eigenvalue weighted by atomic mass is 9.76. The number of nitrogens with zero attached hydrogens (tertiary/aromatic N) is 4. The second kappa shape index (κ2) is 18.5. The number of hydrogen-bond acceptors (Lipinski definition) is 5. The maximum Gasteiger partial charge on any atom is 0.126 e. The number of aromatic nitrogens is 3. The van der Waals surface area contributed by atoms with Crippen LogP contribution in [0.3, 0.4) is 0 Å². The second-order valence-corrected chi connectivity index (χ2v) is 24.9. The van der Waals surface area contributed by atoms with Crippen molar-refractivity contribution in [1.29, 1.82) is 5.26 Å². The average molecular weight is 1110 g/mol. The van der Waals surface area contributed by atoms with Crippen molar-refractivity contribution >= 4 is 128 Å². The van der Waals surface area contributed by atoms with Gasteiger partial charge >= 0.3 is 0 Å². The fraction of sp³-hybridized carbons (Fsp3) is 0.0263. The zero-order chi connectivity index (χ0) is 55.0. The minimum atomic E-state index is 0.582. The van der Waals surface area contributed by atoms with Crippen LogP contribution in [0.4, 0.5) is 0 Å². The van der Waals surface area contributed by atoms with Crippen molar-refractivity contribution in [2.45, 2.75) is 13.8 Å². The molecule has 0 aliphatic rings. The Balaban J connectivity index is 1.04. The molecule has 0 saturated heterocycles. The van der Waals surface area contributed by atoms with Crippen LogP contribution in [-0.4, -0.2) is 14.1 Å². The number of thiazole rings is 1. The Hall–Kier alpha value is -9.94. The molecule has 5 heterocycles. The van der Waals surface area contributed by atoms with Crippen molar-refractivity contribution in [1.82, 2.24) is 14.1 Å². The molecule has 0 spiro atoms. The summed E-state index contributed by atoms with van der Waals surface area (Å²) in [6, 6.07) is 91.7. The lowest BCUT2D eigenvalue weighted by Gasteiger charge is -2.26. The first kappa shape index (κ1) is 47.8. The minimum Gasteiger partial charge on any atom is -0.309 e. The largest absolute Gasteiger partial charge is 0.309 e. The predicted octanol–water partition coefficient (Wildman–Crippen LogP) is 22.0. The fourth-order valence-corrected chi connectivity index (χ4v) is 16.7. The summed E-state index contributed by atoms with van der Waals surface area (Å²) in [6.07, 6.45) is 0. The van der Waals surface area contributed by atoms with E-state index in [9.17, 15) is 5.26 Å². The Morgan fingerprint density at radius 1 is 0.349 bits per heavy atom. The van der Waals surface area contributed by atoms with Gasteiger partial charge < -0.3 is 9.13 Å². The zero-order valence-corrected chi connectivity index (χ0v) is 47.6. The summed E-state index contributed by atoms with van der Waals surface area (Å²) in [5.41, 5.74) is 19.5. The molecule has 0 bridgehead atoms. The molecule has 4 nitrogen and oxygen atoms in total. The van der Waals surface area contributed by atoms with Crippen LogP contribution in [0, 0.1) is 25.2 Å². The summed E-state index contributed by atoms with van der Waals surface area (Å²) in [5, 5.41) is 23.0. The van der Waals surface area contributed by atoms with Crippen LogP contribution in [0.2, 0.25) is 0 Å². The normalized spacial score (nSPS) is 12.0. The van der Waals surface area contributed by atoms with Crippen molar-refractivity contribution in [3.05, 3.63) is 259 Å². The highest BCUT2D eigenvalue weighted by Crippen LogP contribution is 2.57. The molecule has 0 fully saturated rings. The molecule has 7 heteroatoms. The van der Waals surface area contributed by atoms with Crippen molar-refractivity contribution < 1.29 is 0 Å². The number of hydrogen-bond donors (Lipinski definition) is 0. The van der Waals surface area contributed by atoms with Crippen LogP contribution in [-0.2, 0) is 0 Å². The third-order valence-corrected chi connectivity index (χ3v) is 20.3. The Morgan fingerprint density at radius 3 is 1.30 bits per heavy atom. The molecule has 0 unspecified atom stereocenters. The van der Waals surface area contributed by atoms with Gasteiger partial charge in [0.15, 0.2) is 0 Å². The number of rotatable bonds is 7. The van der Waals surface area contributed by atoms with Gasteiger partial charge in [-0.05, 0) is 139 Å². The summed E-state index contributed by atoms with van der Waals surface area (Å²) in [4.78, 5) is 5.54. The van der Waals surface area contributed by atoms with E-state index in [0.29, 0.717) is 5.56 Å². The van der Waals surface area contributed by atoms with Crippen LogP contribution < -0.4 is 0 Å². The fourth-order valence-electron chi connectivity index (χ4n) is 13.4. The first-order valence-electron chi connectivity index (χ1n) is 28.0. The van der Waals surface area contributed by atoms with Gasteiger partial charge in [0, 0.05) is 95.5 Å². The number of nitriles is 1. The van der Waals surface area contributed by atoms with Crippen LogP contribution in [0.1, 0.15) is 16.7 Å². The summed E-state index contributed by atoms with van der Waals surface area (Å²) in [7, 11) is 0. The third-order valence-electron chi connectivity index (χ3n) is 16.9. The van der Waals surface area contributed by atoms with E-state index in [1.54, 1.807) is 11.3 Å². The standard InChI is InChI=1S/C76H46N4S3/c1-44-29-39-62-56(41-44)50-15-3-8-22-60(50)79(62)48-35-31-46(32-36-48)69-58(43-77)75(76-78-59-21-7-12-26-66(59)83-76)70(47-33-37-49(38-34-47)80-61-23-9-4-16-51(61)57-42-45(2)30-40-63(57)80)74(55-20-14-28-68-72(55)53-18-6-11-25-65(53)82-68)73(69)54-19-13-27-67-71(54)52-17-5-10-24-64(52)81-67/h3-42H,1-2H3. The van der Waals surface area contributed by atoms with Gasteiger partial charge in [-0.25, -0.2) is 4.98 Å². The van der Waals surface area contributed by atoms with Gasteiger partial charge in [-0.15, -0.1) is 34.0 Å². The van der Waals surface area contributed by atoms with Gasteiger partial charge in [-0.1, -0.05) is 157 Å². The predicted molar refractivity (Wildman–Crippen MR) is 355 cm³/mol. The summed E-state index contributed by atoms with van der Waals surface area (Å²) < 4.78 is 10.7. The molecule has 12 aromatic carbocycles. The third kappa shape index (κ3) is 7.24. The zero-order valence-electron chi connectivity index (χ0n) is 45.1. The van der Waals surface area contributed by atoms with Crippen LogP contribution >= 0.6 is 34.0 Å². The SMILES string of the molecule is Cc1ccc2c(c1)c1ccccc1n2-c1ccc(-c2c(C#N)c(-c3nc4ccccc4s3)c(-c3ccc(-n4c5ccccc5c5cc(C)ccc54)cc3)c(-c3cccc4sc5ccccc5c34)c2-c2cccc3sc4ccccc4c23)cc1. The highest BCUT2D eigenvalue weighted by atomic mass is 32.1. The van der Waals surface area contributed by atoms with Crippen LogP contribution in [0.5, 0.6) is 0 Å². The summed E-state index contributed by atoms with van der Waals surface area (Å²) in [6.45, 7) is 4.33. The van der Waals surface area contributed by atoms with Gasteiger partial charge in [-0.2, -0.15) is 5.26 Å². The molecule has 17 rings (SSSR count). The van der Waals surface area contributed by atoms with Crippen molar-refractivity contribution in [2.24, 2.45) is 0 Å². The van der Waals surface area contributed by atoms with Gasteiger partial charge in [0.2, 0.25) is 0 Å². The lowest BCUT2D eigenvalue weighted by molar-refractivity contribution is 1.18. The highest BCUT2D eigenvalue weighted by molar-refractivity contribution is 7.26. The van der Waals surface area contributed by atoms with E-state index in [2.05, 4.69) is 272 Å². The lowest BCUT2D eigenvalue weighted by Crippen LogP contribution is -2.03. The summed E-state index contributed by atoms with van der Waals surface area (Å²) in [5.74, 6) is 0. The Labute approximate surface area is 489 Å². The van der Waals surface area contributed by atoms with Gasteiger partial charge in [0.25, 0.3) is 0 Å². The van der Waals surface area contributed by atoms with E-state index in [1.165, 1.54) is 73.0 Å². The number of fused-ring (bicyclic) bond motifs is 13. The molecule has 0 atom stereocenters. The van der Waals surface area contributed by atoms with Crippen molar-refractivity contribution in [3.8, 4) is 72.5 Å². The van der Waals surface area contributed by atoms with Crippen LogP contribution in [0.15, 0.2) is 243 Å². The Morgan fingerprint density at radius 2 is 0.783 bits per heavy atom. The number of thiophene rings is 2. The molecule has 0 N–H and O–H groups in total. The molecule has 5 aromatic heterocycles. The first-order valence-corrected chi connectivity index (χ1v) is 30.4. The molecule has 388 valence electrons. The van der Waals surface area contributed by atoms with Gasteiger partial charge in [0.05, 0.1) is 37.8 Å². The van der Waals surface area contributed by atoms with E-state index in [4.69, 9.17) is 4.98 Å². The van der Waals surface area contributed by atoms with Crippen LogP contribution in [0.25, 0.3) is 161 Å². The molecular formula is C76H46N4S3. The van der Waals surface area contributed by atoms with Crippen molar-refractivity contribution in [2.75, 3.05) is 0 Å². The maximum atomic E-state index is 12.5. The minimum absolute atomic E-state index is 0.582. The van der Waals surface area contributed by atoms with E-state index >= 15 is 0 Å². The van der Waals surface area contributed by atoms with E-state index < -0.39 is 0 Å². The molecule has 0 amide bonds. The van der Waals surface area contributed by atoms with E-state index in [0.717, 1.165) is 98.7 Å². The first-order chi connectivity index (χ1) is 41.0. The molecule has 0 saturated carbocycles. The van der Waals surface area contributed by atoms with E-state index in [1.807, 2.05) is 22.7 Å². The highest BCUT2D eigenvalue weighted by Gasteiger charge is 2.33. The average Bonchev–Trinajstić information content (AvgIpc) is 3.11. The van der Waals surface area contributed by atoms with Crippen molar-refractivity contribution in [3.63, 3.8) is 0 Å². The van der Waals surface area contributed by atoms with Gasteiger partial charge in [-0.3, -0.25) is 0 Å². The maximum absolute atomic E-state index is 12.5. The second-order valence-electron chi connectivity index (χ2n) is 21.7. The Kier molecular flexibility index (Phi) is 10.7. The Bertz CT molecular complexity index is 5570. The molecule has 83 heavy (non-hydrogen) atoms. The molecule has 17 aromatic rings. The molecule has 0 aliphatic carbocycles. The number of benzene rings is 12. The quantitative estimate of drug-likeness (QED) is 0.160. The smallest absolute Gasteiger partial charge is 0.126 e. The van der Waals surface area contributed by atoms with E-state index in [-0.39, 0.29) is 0 Å². The molecule has 0 aliphatic heterocycles. The molecule has 0 radical (unpaired) electrons. The topological polar surface area (TPSA) is 46.5 Å². The monoisotopic (exact) mass is 1110 g/mol. The van der Waals surface area contributed by atoms with Gasteiger partial charge in [0.1, 0.15) is 11.1 Å². The number of para-hydroxylation sites is 3. The number of aryl methyl sites for hydroxylation is 2. The summed E-state index contributed by atoms with van der Waals surface area (Å²) >= 11 is 5.31.